The third-order valence-corrected chi connectivity index (χ3v) is 4.45. The lowest BCUT2D eigenvalue weighted by Crippen LogP contribution is -2.19. The largest absolute Gasteiger partial charge is 0.412 e. The SMILES string of the molecule is NC(=O)Oc1nccc(-c2c(-c3ccc(F)cc3)ncn2C2CCC2)n1. The number of hydrogen-bond acceptors (Lipinski definition) is 5. The Morgan fingerprint density at radius 2 is 1.96 bits per heavy atom. The molecular weight excluding hydrogens is 337 g/mol. The molecule has 8 heteroatoms. The van der Waals surface area contributed by atoms with E-state index in [1.54, 1.807) is 24.5 Å². The van der Waals surface area contributed by atoms with E-state index in [1.807, 2.05) is 0 Å². The zero-order chi connectivity index (χ0) is 18.1. The molecule has 1 aromatic carbocycles. The molecule has 3 aromatic rings. The molecule has 1 aliphatic rings. The monoisotopic (exact) mass is 353 g/mol. The van der Waals surface area contributed by atoms with Crippen molar-refractivity contribution in [1.82, 2.24) is 19.5 Å². The lowest BCUT2D eigenvalue weighted by molar-refractivity contribution is 0.207. The van der Waals surface area contributed by atoms with Gasteiger partial charge in [-0.1, -0.05) is 0 Å². The molecule has 1 saturated carbocycles. The number of nitrogens with zero attached hydrogens (tertiary/aromatic N) is 4. The molecule has 0 radical (unpaired) electrons. The van der Waals surface area contributed by atoms with Gasteiger partial charge in [0.15, 0.2) is 0 Å². The summed E-state index contributed by atoms with van der Waals surface area (Å²) in [6.07, 6.45) is 5.56. The van der Waals surface area contributed by atoms with Crippen LogP contribution in [0.25, 0.3) is 22.6 Å². The van der Waals surface area contributed by atoms with Gasteiger partial charge in [0.05, 0.1) is 23.4 Å². The van der Waals surface area contributed by atoms with E-state index in [9.17, 15) is 9.18 Å². The van der Waals surface area contributed by atoms with Gasteiger partial charge in [-0.25, -0.2) is 19.2 Å². The second-order valence-corrected chi connectivity index (χ2v) is 6.09. The second kappa shape index (κ2) is 6.55. The first-order chi connectivity index (χ1) is 12.6. The van der Waals surface area contributed by atoms with Crippen LogP contribution in [0.4, 0.5) is 9.18 Å². The predicted octanol–water partition coefficient (Wildman–Crippen LogP) is 3.33. The summed E-state index contributed by atoms with van der Waals surface area (Å²) in [7, 11) is 0. The minimum Gasteiger partial charge on any atom is -0.374 e. The average molecular weight is 353 g/mol. The topological polar surface area (TPSA) is 95.9 Å². The maximum absolute atomic E-state index is 13.3. The number of amides is 1. The van der Waals surface area contributed by atoms with Crippen LogP contribution >= 0.6 is 0 Å². The minimum atomic E-state index is -0.978. The quantitative estimate of drug-likeness (QED) is 0.776. The number of nitrogens with two attached hydrogens (primary N) is 1. The summed E-state index contributed by atoms with van der Waals surface area (Å²) in [6.45, 7) is 0. The summed E-state index contributed by atoms with van der Waals surface area (Å²) >= 11 is 0. The average Bonchev–Trinajstić information content (AvgIpc) is 2.98. The molecule has 0 bridgehead atoms. The molecule has 0 atom stereocenters. The highest BCUT2D eigenvalue weighted by Crippen LogP contribution is 2.39. The van der Waals surface area contributed by atoms with Crippen molar-refractivity contribution in [2.24, 2.45) is 5.73 Å². The molecule has 4 rings (SSSR count). The lowest BCUT2D eigenvalue weighted by Gasteiger charge is -2.28. The number of ether oxygens (including phenoxy) is 1. The van der Waals surface area contributed by atoms with Crippen molar-refractivity contribution >= 4 is 6.09 Å². The molecule has 26 heavy (non-hydrogen) atoms. The van der Waals surface area contributed by atoms with Gasteiger partial charge in [0, 0.05) is 17.8 Å². The number of carbonyl (C=O) groups excluding carboxylic acids is 1. The number of aromatic nitrogens is 4. The molecule has 1 fully saturated rings. The summed E-state index contributed by atoms with van der Waals surface area (Å²) in [5.74, 6) is -0.312. The van der Waals surface area contributed by atoms with E-state index in [-0.39, 0.29) is 11.8 Å². The maximum atomic E-state index is 13.3. The van der Waals surface area contributed by atoms with E-state index >= 15 is 0 Å². The van der Waals surface area contributed by atoms with Crippen LogP contribution in [0, 0.1) is 5.82 Å². The summed E-state index contributed by atoms with van der Waals surface area (Å²) in [5.41, 5.74) is 7.83. The van der Waals surface area contributed by atoms with Crippen molar-refractivity contribution in [3.05, 3.63) is 48.7 Å². The van der Waals surface area contributed by atoms with Crippen LogP contribution in [-0.2, 0) is 0 Å². The van der Waals surface area contributed by atoms with Gasteiger partial charge in [-0.05, 0) is 49.6 Å². The zero-order valence-corrected chi connectivity index (χ0v) is 13.8. The highest BCUT2D eigenvalue weighted by molar-refractivity contribution is 5.77. The van der Waals surface area contributed by atoms with E-state index in [2.05, 4.69) is 19.5 Å². The number of hydrogen-bond donors (Lipinski definition) is 1. The molecule has 132 valence electrons. The minimum absolute atomic E-state index is 0.124. The normalized spacial score (nSPS) is 14.0. The van der Waals surface area contributed by atoms with Gasteiger partial charge in [0.25, 0.3) is 0 Å². The Morgan fingerprint density at radius 3 is 2.62 bits per heavy atom. The first-order valence-electron chi connectivity index (χ1n) is 8.25. The van der Waals surface area contributed by atoms with Gasteiger partial charge in [-0.15, -0.1) is 0 Å². The Balaban J connectivity index is 1.84. The predicted molar refractivity (Wildman–Crippen MR) is 91.7 cm³/mol. The van der Waals surface area contributed by atoms with Gasteiger partial charge in [-0.2, -0.15) is 4.98 Å². The van der Waals surface area contributed by atoms with Crippen molar-refractivity contribution in [3.63, 3.8) is 0 Å². The molecule has 0 saturated heterocycles. The maximum Gasteiger partial charge on any atom is 0.412 e. The number of primary amides is 1. The standard InChI is InChI=1S/C18H16FN5O2/c19-12-6-4-11(5-7-12)15-16(24(10-22-15)13-2-1-3-13)14-8-9-21-18(23-14)26-17(20)25/h4-10,13H,1-3H2,(H2,20,25). The summed E-state index contributed by atoms with van der Waals surface area (Å²) < 4.78 is 20.2. The van der Waals surface area contributed by atoms with Gasteiger partial charge in [-0.3, -0.25) is 0 Å². The molecule has 0 aliphatic heterocycles. The van der Waals surface area contributed by atoms with Crippen LogP contribution in [0.15, 0.2) is 42.9 Å². The Morgan fingerprint density at radius 1 is 1.19 bits per heavy atom. The molecule has 2 aromatic heterocycles. The third-order valence-electron chi connectivity index (χ3n) is 4.45. The molecule has 1 amide bonds. The highest BCUT2D eigenvalue weighted by atomic mass is 19.1. The van der Waals surface area contributed by atoms with Crippen molar-refractivity contribution in [3.8, 4) is 28.7 Å². The van der Waals surface area contributed by atoms with E-state index < -0.39 is 6.09 Å². The molecule has 2 heterocycles. The van der Waals surface area contributed by atoms with Crippen molar-refractivity contribution < 1.29 is 13.9 Å². The molecule has 1 aliphatic carbocycles. The first kappa shape index (κ1) is 16.2. The number of benzene rings is 1. The molecule has 0 spiro atoms. The summed E-state index contributed by atoms with van der Waals surface area (Å²) in [4.78, 5) is 23.7. The fourth-order valence-corrected chi connectivity index (χ4v) is 2.99. The van der Waals surface area contributed by atoms with Crippen molar-refractivity contribution in [2.75, 3.05) is 0 Å². The van der Waals surface area contributed by atoms with Crippen LogP contribution < -0.4 is 10.5 Å². The van der Waals surface area contributed by atoms with E-state index in [1.165, 1.54) is 18.3 Å². The highest BCUT2D eigenvalue weighted by Gasteiger charge is 2.26. The fourth-order valence-electron chi connectivity index (χ4n) is 2.99. The van der Waals surface area contributed by atoms with Crippen LogP contribution in [0.5, 0.6) is 6.01 Å². The van der Waals surface area contributed by atoms with Gasteiger partial charge < -0.3 is 15.0 Å². The summed E-state index contributed by atoms with van der Waals surface area (Å²) in [6, 6.07) is 8.06. The zero-order valence-electron chi connectivity index (χ0n) is 13.8. The van der Waals surface area contributed by atoms with Crippen LogP contribution in [0.2, 0.25) is 0 Å². The smallest absolute Gasteiger partial charge is 0.374 e. The second-order valence-electron chi connectivity index (χ2n) is 6.09. The summed E-state index contributed by atoms with van der Waals surface area (Å²) in [5, 5.41) is 0. The van der Waals surface area contributed by atoms with Crippen molar-refractivity contribution in [2.45, 2.75) is 25.3 Å². The van der Waals surface area contributed by atoms with E-state index in [0.29, 0.717) is 17.4 Å². The Bertz CT molecular complexity index is 950. The van der Waals surface area contributed by atoms with Crippen LogP contribution in [0.1, 0.15) is 25.3 Å². The van der Waals surface area contributed by atoms with E-state index in [0.717, 1.165) is 30.5 Å². The Hall–Kier alpha value is -3.29. The first-order valence-corrected chi connectivity index (χ1v) is 8.25. The number of carbonyl (C=O) groups is 1. The Labute approximate surface area is 148 Å². The van der Waals surface area contributed by atoms with Crippen molar-refractivity contribution in [1.29, 1.82) is 0 Å². The van der Waals surface area contributed by atoms with E-state index in [4.69, 9.17) is 10.5 Å². The number of halogens is 1. The molecule has 2 N–H and O–H groups in total. The molecule has 7 nitrogen and oxygen atoms in total. The third kappa shape index (κ3) is 3.01. The van der Waals surface area contributed by atoms with Crippen LogP contribution in [0.3, 0.4) is 0 Å². The van der Waals surface area contributed by atoms with Gasteiger partial charge in [0.2, 0.25) is 0 Å². The molecule has 0 unspecified atom stereocenters. The van der Waals surface area contributed by atoms with Gasteiger partial charge >= 0.3 is 12.1 Å². The molecular formula is C18H16FN5O2. The van der Waals surface area contributed by atoms with Gasteiger partial charge in [0.1, 0.15) is 5.82 Å². The Kier molecular flexibility index (Phi) is 4.08. The van der Waals surface area contributed by atoms with Crippen LogP contribution in [-0.4, -0.2) is 25.6 Å². The number of imidazole rings is 1. The number of rotatable bonds is 4. The lowest BCUT2D eigenvalue weighted by atomic mass is 9.92. The fraction of sp³-hybridized carbons (Fsp3) is 0.222.